The Morgan fingerprint density at radius 3 is 2.25 bits per heavy atom. The third-order valence-electron chi connectivity index (χ3n) is 3.58. The van der Waals surface area contributed by atoms with Gasteiger partial charge in [-0.15, -0.1) is 0 Å². The molecule has 0 saturated heterocycles. The predicted molar refractivity (Wildman–Crippen MR) is 87.9 cm³/mol. The molecule has 20 heavy (non-hydrogen) atoms. The van der Waals surface area contributed by atoms with Crippen LogP contribution in [0.15, 0.2) is 30.5 Å². The van der Waals surface area contributed by atoms with E-state index in [-0.39, 0.29) is 0 Å². The van der Waals surface area contributed by atoms with E-state index in [4.69, 9.17) is 0 Å². The van der Waals surface area contributed by atoms with Gasteiger partial charge in [-0.1, -0.05) is 49.1 Å². The maximum Gasteiger partial charge on any atom is 0.0775 e. The van der Waals surface area contributed by atoms with Crippen LogP contribution in [0.4, 0.5) is 0 Å². The van der Waals surface area contributed by atoms with Crippen LogP contribution >= 0.6 is 0 Å². The predicted octanol–water partition coefficient (Wildman–Crippen LogP) is 2.56. The summed E-state index contributed by atoms with van der Waals surface area (Å²) in [6, 6.07) is 9.07. The van der Waals surface area contributed by atoms with Crippen molar-refractivity contribution >= 4 is 13.3 Å². The minimum atomic E-state index is -1.18. The van der Waals surface area contributed by atoms with E-state index in [0.717, 1.165) is 18.8 Å². The van der Waals surface area contributed by atoms with Gasteiger partial charge in [-0.3, -0.25) is 4.68 Å². The molecule has 108 valence electrons. The molecular weight excluding hydrogens is 262 g/mol. The fraction of sp³-hybridized carbons (Fsp3) is 0.438. The van der Waals surface area contributed by atoms with Crippen LogP contribution in [0.3, 0.4) is 0 Å². The van der Waals surface area contributed by atoms with E-state index in [1.54, 1.807) is 0 Å². The highest BCUT2D eigenvalue weighted by atomic mass is 28.3. The maximum absolute atomic E-state index is 4.36. The molecule has 0 spiro atoms. The van der Waals surface area contributed by atoms with Gasteiger partial charge in [0.05, 0.1) is 13.8 Å². The Hall–Kier alpha value is -1.39. The van der Waals surface area contributed by atoms with Gasteiger partial charge in [-0.2, -0.15) is 5.10 Å². The molecule has 3 nitrogen and oxygen atoms in total. The molecule has 0 atom stereocenters. The van der Waals surface area contributed by atoms with E-state index < -0.39 is 8.07 Å². The lowest BCUT2D eigenvalue weighted by molar-refractivity contribution is 0.690. The van der Waals surface area contributed by atoms with Crippen LogP contribution in [0.5, 0.6) is 0 Å². The number of nitrogens with zero attached hydrogens (tertiary/aromatic N) is 2. The molecule has 0 saturated carbocycles. The summed E-state index contributed by atoms with van der Waals surface area (Å²) in [5.41, 5.74) is 3.72. The van der Waals surface area contributed by atoms with Crippen LogP contribution in [0.25, 0.3) is 0 Å². The van der Waals surface area contributed by atoms with Gasteiger partial charge in [-0.25, -0.2) is 0 Å². The van der Waals surface area contributed by atoms with Crippen LogP contribution in [0.1, 0.15) is 16.8 Å². The Morgan fingerprint density at radius 1 is 1.10 bits per heavy atom. The molecule has 4 heteroatoms. The molecule has 1 aromatic heterocycles. The standard InChI is InChI=1S/C16H25N3Si/c1-13-15(12-19(2)18-13)11-17-10-14-6-8-16(9-7-14)20(3,4)5/h6-9,12,17H,10-11H2,1-5H3. The summed E-state index contributed by atoms with van der Waals surface area (Å²) in [5, 5.41) is 9.36. The molecule has 1 N–H and O–H groups in total. The minimum absolute atomic E-state index is 0.870. The first-order valence-corrected chi connectivity index (χ1v) is 10.7. The molecule has 1 heterocycles. The highest BCUT2D eigenvalue weighted by Gasteiger charge is 2.15. The largest absolute Gasteiger partial charge is 0.308 e. The number of aryl methyl sites for hydroxylation is 2. The lowest BCUT2D eigenvalue weighted by Gasteiger charge is -2.16. The van der Waals surface area contributed by atoms with Crippen LogP contribution < -0.4 is 10.5 Å². The molecule has 0 aliphatic rings. The molecule has 2 rings (SSSR count). The van der Waals surface area contributed by atoms with Crippen molar-refractivity contribution in [1.29, 1.82) is 0 Å². The van der Waals surface area contributed by atoms with Crippen molar-refractivity contribution in [1.82, 2.24) is 15.1 Å². The van der Waals surface area contributed by atoms with Gasteiger partial charge in [0.15, 0.2) is 0 Å². The van der Waals surface area contributed by atoms with Crippen molar-refractivity contribution in [3.63, 3.8) is 0 Å². The summed E-state index contributed by atoms with van der Waals surface area (Å²) in [7, 11) is 0.788. The van der Waals surface area contributed by atoms with E-state index in [1.165, 1.54) is 16.3 Å². The zero-order valence-corrected chi connectivity index (χ0v) is 14.2. The van der Waals surface area contributed by atoms with Crippen LogP contribution in [0.2, 0.25) is 19.6 Å². The molecule has 0 unspecified atom stereocenters. The second-order valence-corrected chi connectivity index (χ2v) is 11.5. The average molecular weight is 287 g/mol. The monoisotopic (exact) mass is 287 g/mol. The minimum Gasteiger partial charge on any atom is -0.308 e. The van der Waals surface area contributed by atoms with Gasteiger partial charge >= 0.3 is 0 Å². The van der Waals surface area contributed by atoms with E-state index in [2.05, 4.69) is 67.4 Å². The fourth-order valence-corrected chi connectivity index (χ4v) is 3.45. The zero-order valence-electron chi connectivity index (χ0n) is 13.2. The van der Waals surface area contributed by atoms with Gasteiger partial charge in [0, 0.05) is 31.9 Å². The lowest BCUT2D eigenvalue weighted by Crippen LogP contribution is -2.37. The number of nitrogens with one attached hydrogen (secondary N) is 1. The summed E-state index contributed by atoms with van der Waals surface area (Å²) < 4.78 is 1.87. The molecule has 0 radical (unpaired) electrons. The third kappa shape index (κ3) is 3.80. The van der Waals surface area contributed by atoms with Crippen LogP contribution in [0, 0.1) is 6.92 Å². The summed E-state index contributed by atoms with van der Waals surface area (Å²) in [4.78, 5) is 0. The quantitative estimate of drug-likeness (QED) is 0.857. The van der Waals surface area contributed by atoms with Crippen molar-refractivity contribution in [2.24, 2.45) is 7.05 Å². The average Bonchev–Trinajstić information content (AvgIpc) is 2.67. The van der Waals surface area contributed by atoms with Crippen LogP contribution in [-0.4, -0.2) is 17.9 Å². The first-order chi connectivity index (χ1) is 9.36. The first kappa shape index (κ1) is 15.0. The summed E-state index contributed by atoms with van der Waals surface area (Å²) in [6.45, 7) is 11.0. The molecule has 0 fully saturated rings. The summed E-state index contributed by atoms with van der Waals surface area (Å²) in [6.07, 6.45) is 2.08. The summed E-state index contributed by atoms with van der Waals surface area (Å²) >= 11 is 0. The Balaban J connectivity index is 1.90. The van der Waals surface area contributed by atoms with Gasteiger partial charge in [0.2, 0.25) is 0 Å². The SMILES string of the molecule is Cc1nn(C)cc1CNCc1ccc([Si](C)(C)C)cc1. The smallest absolute Gasteiger partial charge is 0.0775 e. The van der Waals surface area contributed by atoms with Gasteiger partial charge in [0.1, 0.15) is 0 Å². The molecule has 1 aromatic carbocycles. The van der Waals surface area contributed by atoms with E-state index >= 15 is 0 Å². The Bertz CT molecular complexity index is 564. The number of benzene rings is 1. The highest BCUT2D eigenvalue weighted by molar-refractivity contribution is 6.88. The van der Waals surface area contributed by atoms with Crippen molar-refractivity contribution < 1.29 is 0 Å². The number of hydrogen-bond acceptors (Lipinski definition) is 2. The van der Waals surface area contributed by atoms with Crippen molar-refractivity contribution in [3.05, 3.63) is 47.3 Å². The van der Waals surface area contributed by atoms with Crippen LogP contribution in [-0.2, 0) is 20.1 Å². The van der Waals surface area contributed by atoms with E-state index in [9.17, 15) is 0 Å². The highest BCUT2D eigenvalue weighted by Crippen LogP contribution is 2.06. The molecule has 0 amide bonds. The molecule has 0 bridgehead atoms. The zero-order chi connectivity index (χ0) is 14.8. The lowest BCUT2D eigenvalue weighted by atomic mass is 10.2. The second-order valence-electron chi connectivity index (χ2n) is 6.46. The second kappa shape index (κ2) is 5.93. The molecular formula is C16H25N3Si. The Morgan fingerprint density at radius 2 is 1.75 bits per heavy atom. The van der Waals surface area contributed by atoms with E-state index in [0.29, 0.717) is 0 Å². The fourth-order valence-electron chi connectivity index (χ4n) is 2.29. The Kier molecular flexibility index (Phi) is 4.45. The molecule has 2 aromatic rings. The van der Waals surface area contributed by atoms with Crippen molar-refractivity contribution in [3.8, 4) is 0 Å². The normalized spacial score (nSPS) is 11.8. The van der Waals surface area contributed by atoms with Crippen molar-refractivity contribution in [2.75, 3.05) is 0 Å². The maximum atomic E-state index is 4.36. The Labute approximate surface area is 123 Å². The molecule has 0 aliphatic carbocycles. The first-order valence-electron chi connectivity index (χ1n) is 7.15. The third-order valence-corrected chi connectivity index (χ3v) is 5.65. The number of aromatic nitrogens is 2. The topological polar surface area (TPSA) is 29.9 Å². The van der Waals surface area contributed by atoms with E-state index in [1.807, 2.05) is 11.7 Å². The van der Waals surface area contributed by atoms with Gasteiger partial charge in [0.25, 0.3) is 0 Å². The number of rotatable bonds is 5. The molecule has 0 aliphatic heterocycles. The van der Waals surface area contributed by atoms with Gasteiger partial charge < -0.3 is 5.32 Å². The summed E-state index contributed by atoms with van der Waals surface area (Å²) in [5.74, 6) is 0. The van der Waals surface area contributed by atoms with Gasteiger partial charge in [-0.05, 0) is 12.5 Å². The van der Waals surface area contributed by atoms with Crippen molar-refractivity contribution in [2.45, 2.75) is 39.7 Å². The number of hydrogen-bond donors (Lipinski definition) is 1.